The van der Waals surface area contributed by atoms with Crippen molar-refractivity contribution in [3.63, 3.8) is 0 Å². The smallest absolute Gasteiger partial charge is 0.264 e. The molecule has 0 bridgehead atoms. The summed E-state index contributed by atoms with van der Waals surface area (Å²) < 4.78 is 35.5. The van der Waals surface area contributed by atoms with Gasteiger partial charge in [0.1, 0.15) is 15.9 Å². The zero-order valence-corrected chi connectivity index (χ0v) is 12.8. The van der Waals surface area contributed by atoms with Gasteiger partial charge in [-0.15, -0.1) is 0 Å². The zero-order valence-electron chi connectivity index (χ0n) is 10.4. The average Bonchev–Trinajstić information content (AvgIpc) is 2.90. The largest absolute Gasteiger partial charge is 0.399 e. The van der Waals surface area contributed by atoms with Crippen molar-refractivity contribution in [2.75, 3.05) is 10.5 Å². The number of benzene rings is 2. The summed E-state index contributed by atoms with van der Waals surface area (Å²) in [5.74, 6) is 0. The van der Waals surface area contributed by atoms with Crippen LogP contribution in [0.5, 0.6) is 0 Å². The molecule has 1 heterocycles. The molecule has 3 N–H and O–H groups in total. The standard InChI is InChI=1S/C12H9ClN4O2S2/c13-8-6-7(14)4-5-9(8)17-21(18,19)11-3-1-2-10-12(11)16-20-15-10/h1-6,17H,14H2. The van der Waals surface area contributed by atoms with Crippen LogP contribution < -0.4 is 10.5 Å². The minimum atomic E-state index is -3.82. The molecule has 0 spiro atoms. The van der Waals surface area contributed by atoms with Gasteiger partial charge in [-0.2, -0.15) is 8.75 Å². The van der Waals surface area contributed by atoms with E-state index in [4.69, 9.17) is 17.3 Å². The Labute approximate surface area is 129 Å². The third kappa shape index (κ3) is 2.65. The molecule has 0 amide bonds. The summed E-state index contributed by atoms with van der Waals surface area (Å²) in [6, 6.07) is 9.34. The maximum Gasteiger partial charge on any atom is 0.264 e. The van der Waals surface area contributed by atoms with Crippen molar-refractivity contribution >= 4 is 55.8 Å². The molecule has 0 atom stereocenters. The lowest BCUT2D eigenvalue weighted by Crippen LogP contribution is -2.13. The summed E-state index contributed by atoms with van der Waals surface area (Å²) in [7, 11) is -3.82. The van der Waals surface area contributed by atoms with E-state index in [2.05, 4.69) is 13.5 Å². The van der Waals surface area contributed by atoms with Crippen LogP contribution >= 0.6 is 23.3 Å². The summed E-state index contributed by atoms with van der Waals surface area (Å²) in [6.45, 7) is 0. The second-order valence-electron chi connectivity index (χ2n) is 4.23. The Hall–Kier alpha value is -1.90. The van der Waals surface area contributed by atoms with E-state index >= 15 is 0 Å². The van der Waals surface area contributed by atoms with Crippen molar-refractivity contribution in [2.24, 2.45) is 0 Å². The summed E-state index contributed by atoms with van der Waals surface area (Å²) in [6.07, 6.45) is 0. The monoisotopic (exact) mass is 340 g/mol. The molecule has 3 rings (SSSR count). The van der Waals surface area contributed by atoms with E-state index < -0.39 is 10.0 Å². The maximum absolute atomic E-state index is 12.5. The summed E-state index contributed by atoms with van der Waals surface area (Å²) in [5.41, 5.74) is 7.16. The highest BCUT2D eigenvalue weighted by Gasteiger charge is 2.20. The van der Waals surface area contributed by atoms with Gasteiger partial charge in [0.2, 0.25) is 0 Å². The molecule has 0 unspecified atom stereocenters. The van der Waals surface area contributed by atoms with Gasteiger partial charge in [-0.1, -0.05) is 17.7 Å². The first-order chi connectivity index (χ1) is 9.97. The summed E-state index contributed by atoms with van der Waals surface area (Å²) in [4.78, 5) is 0.0571. The molecule has 21 heavy (non-hydrogen) atoms. The van der Waals surface area contributed by atoms with E-state index in [-0.39, 0.29) is 15.6 Å². The number of hydrogen-bond donors (Lipinski definition) is 2. The quantitative estimate of drug-likeness (QED) is 0.714. The SMILES string of the molecule is Nc1ccc(NS(=O)(=O)c2cccc3nsnc23)c(Cl)c1. The average molecular weight is 341 g/mol. The van der Waals surface area contributed by atoms with Crippen molar-refractivity contribution < 1.29 is 8.42 Å². The molecule has 6 nitrogen and oxygen atoms in total. The predicted octanol–water partition coefficient (Wildman–Crippen LogP) is 2.73. The van der Waals surface area contributed by atoms with Gasteiger partial charge >= 0.3 is 0 Å². The van der Waals surface area contributed by atoms with Crippen LogP contribution in [0.25, 0.3) is 11.0 Å². The number of nitrogen functional groups attached to an aromatic ring is 1. The first-order valence-corrected chi connectivity index (χ1v) is 8.36. The molecule has 0 aliphatic carbocycles. The van der Waals surface area contributed by atoms with Crippen LogP contribution in [0.3, 0.4) is 0 Å². The first-order valence-electron chi connectivity index (χ1n) is 5.76. The van der Waals surface area contributed by atoms with Gasteiger partial charge in [0.25, 0.3) is 10.0 Å². The van der Waals surface area contributed by atoms with E-state index in [0.717, 1.165) is 11.7 Å². The Kier molecular flexibility index (Phi) is 3.44. The van der Waals surface area contributed by atoms with E-state index in [1.165, 1.54) is 18.2 Å². The number of halogens is 1. The van der Waals surface area contributed by atoms with Crippen molar-refractivity contribution in [3.8, 4) is 0 Å². The first kappa shape index (κ1) is 14.1. The lowest BCUT2D eigenvalue weighted by atomic mass is 10.3. The van der Waals surface area contributed by atoms with Crippen LogP contribution in [0, 0.1) is 0 Å². The van der Waals surface area contributed by atoms with Gasteiger partial charge in [0.05, 0.1) is 22.4 Å². The van der Waals surface area contributed by atoms with Gasteiger partial charge in [-0.3, -0.25) is 4.72 Å². The molecule has 108 valence electrons. The Morgan fingerprint density at radius 2 is 2.00 bits per heavy atom. The van der Waals surface area contributed by atoms with Crippen LogP contribution in [0.1, 0.15) is 0 Å². The van der Waals surface area contributed by atoms with Gasteiger partial charge in [0.15, 0.2) is 0 Å². The fourth-order valence-electron chi connectivity index (χ4n) is 1.81. The topological polar surface area (TPSA) is 98.0 Å². The molecule has 0 aliphatic heterocycles. The fraction of sp³-hybridized carbons (Fsp3) is 0. The maximum atomic E-state index is 12.5. The molecule has 0 radical (unpaired) electrons. The second kappa shape index (κ2) is 5.14. The van der Waals surface area contributed by atoms with Crippen LogP contribution in [0.2, 0.25) is 5.02 Å². The van der Waals surface area contributed by atoms with Gasteiger partial charge < -0.3 is 5.73 Å². The molecule has 0 aliphatic rings. The summed E-state index contributed by atoms with van der Waals surface area (Å²) >= 11 is 6.95. The number of hydrogen-bond acceptors (Lipinski definition) is 6. The Bertz CT molecular complexity index is 924. The molecular weight excluding hydrogens is 332 g/mol. The molecule has 0 fully saturated rings. The number of fused-ring (bicyclic) bond motifs is 1. The van der Waals surface area contributed by atoms with Gasteiger partial charge in [-0.25, -0.2) is 8.42 Å². The minimum Gasteiger partial charge on any atom is -0.399 e. The number of nitrogens with zero attached hydrogens (tertiary/aromatic N) is 2. The molecular formula is C12H9ClN4O2S2. The van der Waals surface area contributed by atoms with E-state index in [1.54, 1.807) is 18.2 Å². The van der Waals surface area contributed by atoms with E-state index in [1.807, 2.05) is 0 Å². The molecule has 3 aromatic rings. The molecule has 0 saturated carbocycles. The highest BCUT2D eigenvalue weighted by atomic mass is 35.5. The second-order valence-corrected chi connectivity index (χ2v) is 6.82. The van der Waals surface area contributed by atoms with Crippen molar-refractivity contribution in [1.82, 2.24) is 8.75 Å². The number of nitrogens with one attached hydrogen (secondary N) is 1. The minimum absolute atomic E-state index is 0.0571. The lowest BCUT2D eigenvalue weighted by Gasteiger charge is -2.10. The predicted molar refractivity (Wildman–Crippen MR) is 84.1 cm³/mol. The van der Waals surface area contributed by atoms with Gasteiger partial charge in [0, 0.05) is 5.69 Å². The third-order valence-corrected chi connectivity index (χ3v) is 5.03. The van der Waals surface area contributed by atoms with Gasteiger partial charge in [-0.05, 0) is 30.3 Å². The van der Waals surface area contributed by atoms with Crippen molar-refractivity contribution in [2.45, 2.75) is 4.90 Å². The number of rotatable bonds is 3. The van der Waals surface area contributed by atoms with E-state index in [0.29, 0.717) is 16.7 Å². The number of sulfonamides is 1. The van der Waals surface area contributed by atoms with Crippen molar-refractivity contribution in [3.05, 3.63) is 41.4 Å². The van der Waals surface area contributed by atoms with Crippen LogP contribution in [0.4, 0.5) is 11.4 Å². The highest BCUT2D eigenvalue weighted by molar-refractivity contribution is 7.93. The van der Waals surface area contributed by atoms with E-state index in [9.17, 15) is 8.42 Å². The highest BCUT2D eigenvalue weighted by Crippen LogP contribution is 2.28. The third-order valence-electron chi connectivity index (χ3n) is 2.78. The van der Waals surface area contributed by atoms with Crippen LogP contribution in [0.15, 0.2) is 41.3 Å². The molecule has 0 saturated heterocycles. The van der Waals surface area contributed by atoms with Crippen LogP contribution in [-0.4, -0.2) is 17.2 Å². The number of aromatic nitrogens is 2. The normalized spacial score (nSPS) is 11.7. The molecule has 1 aromatic heterocycles. The zero-order chi connectivity index (χ0) is 15.0. The molecule has 9 heteroatoms. The fourth-order valence-corrected chi connectivity index (χ4v) is 3.95. The molecule has 2 aromatic carbocycles. The Balaban J connectivity index is 2.06. The number of anilines is 2. The Morgan fingerprint density at radius 1 is 1.19 bits per heavy atom. The lowest BCUT2D eigenvalue weighted by molar-refractivity contribution is 0.602. The van der Waals surface area contributed by atoms with Crippen molar-refractivity contribution in [1.29, 1.82) is 0 Å². The Morgan fingerprint density at radius 3 is 2.76 bits per heavy atom. The summed E-state index contributed by atoms with van der Waals surface area (Å²) in [5, 5.41) is 0.224. The number of nitrogens with two attached hydrogens (primary N) is 1. The van der Waals surface area contributed by atoms with Crippen LogP contribution in [-0.2, 0) is 10.0 Å².